The first-order valence-electron chi connectivity index (χ1n) is 12.5. The number of H-pyrrole nitrogens is 1. The van der Waals surface area contributed by atoms with Gasteiger partial charge in [0.05, 0.1) is 41.6 Å². The third kappa shape index (κ3) is 4.36. The Balaban J connectivity index is 1.29. The molecule has 0 bridgehead atoms. The number of hydrogen-bond donors (Lipinski definition) is 3. The van der Waals surface area contributed by atoms with E-state index in [4.69, 9.17) is 38.4 Å². The number of allylic oxidation sites excluding steroid dienone is 4. The number of hydrogen-bond acceptors (Lipinski definition) is 9. The lowest BCUT2D eigenvalue weighted by Gasteiger charge is -2.18. The highest BCUT2D eigenvalue weighted by Crippen LogP contribution is 2.45. The van der Waals surface area contributed by atoms with E-state index in [2.05, 4.69) is 30.4 Å². The van der Waals surface area contributed by atoms with Crippen molar-refractivity contribution in [2.24, 2.45) is 12.8 Å². The number of methoxy groups -OCH3 is 2. The molecule has 11 nitrogen and oxygen atoms in total. The van der Waals surface area contributed by atoms with E-state index in [0.717, 1.165) is 17.1 Å². The number of nitrogens with one attached hydrogen (secondary N) is 2. The van der Waals surface area contributed by atoms with Crippen LogP contribution in [0.25, 0.3) is 27.7 Å². The minimum atomic E-state index is -0.342. The Bertz CT molecular complexity index is 1730. The largest absolute Gasteiger partial charge is 0.495 e. The van der Waals surface area contributed by atoms with Gasteiger partial charge in [-0.2, -0.15) is 10.1 Å². The number of fused-ring (bicyclic) bond motifs is 1. The third-order valence-electron chi connectivity index (χ3n) is 7.22. The first kappa shape index (κ1) is 26.2. The number of benzene rings is 1. The molecule has 0 saturated carbocycles. The summed E-state index contributed by atoms with van der Waals surface area (Å²) in [6, 6.07) is 4.95. The van der Waals surface area contributed by atoms with Crippen LogP contribution in [0, 0.1) is 0 Å². The summed E-state index contributed by atoms with van der Waals surface area (Å²) >= 11 is 13.2. The van der Waals surface area contributed by atoms with Crippen molar-refractivity contribution >= 4 is 51.6 Å². The fourth-order valence-electron chi connectivity index (χ4n) is 4.95. The van der Waals surface area contributed by atoms with Crippen molar-refractivity contribution in [3.63, 3.8) is 0 Å². The molecule has 0 radical (unpaired) electrons. The lowest BCUT2D eigenvalue weighted by atomic mass is 10.0. The number of rotatable bonds is 7. The van der Waals surface area contributed by atoms with Gasteiger partial charge >= 0.3 is 0 Å². The SMILES string of the molecule is COc1cc(OC)c(Cl)c(-c2cc3cnc(NC4CN(c5cc(C6=CC=C6)[nH]n5)CC4N)nc3n(C)c2=O)c1Cl. The van der Waals surface area contributed by atoms with Crippen LogP contribution in [0.15, 0.2) is 47.4 Å². The Morgan fingerprint density at radius 1 is 1.12 bits per heavy atom. The number of ether oxygens (including phenoxy) is 2. The average Bonchev–Trinajstić information content (AvgIpc) is 3.53. The molecule has 1 aliphatic heterocycles. The quantitative estimate of drug-likeness (QED) is 0.299. The van der Waals surface area contributed by atoms with Crippen LogP contribution in [0.3, 0.4) is 0 Å². The molecule has 4 aromatic rings. The van der Waals surface area contributed by atoms with Crippen LogP contribution in [-0.4, -0.2) is 64.1 Å². The predicted octanol–water partition coefficient (Wildman–Crippen LogP) is 3.62. The third-order valence-corrected chi connectivity index (χ3v) is 7.97. The summed E-state index contributed by atoms with van der Waals surface area (Å²) in [6.45, 7) is 1.24. The van der Waals surface area contributed by atoms with Gasteiger partial charge in [-0.3, -0.25) is 14.5 Å². The minimum absolute atomic E-state index is 0.126. The summed E-state index contributed by atoms with van der Waals surface area (Å²) < 4.78 is 12.2. The number of aromatic nitrogens is 5. The molecule has 0 spiro atoms. The summed E-state index contributed by atoms with van der Waals surface area (Å²) in [5.41, 5.74) is 9.23. The van der Waals surface area contributed by atoms with Crippen molar-refractivity contribution in [1.82, 2.24) is 24.7 Å². The zero-order valence-corrected chi connectivity index (χ0v) is 23.4. The van der Waals surface area contributed by atoms with E-state index in [0.29, 0.717) is 47.1 Å². The monoisotopic (exact) mass is 580 g/mol. The Hall–Kier alpha value is -4.06. The molecule has 206 valence electrons. The molecular formula is C27H26Cl2N8O3. The van der Waals surface area contributed by atoms with Crippen molar-refractivity contribution in [2.75, 3.05) is 37.5 Å². The van der Waals surface area contributed by atoms with E-state index in [-0.39, 0.29) is 33.3 Å². The Morgan fingerprint density at radius 2 is 1.85 bits per heavy atom. The first-order valence-corrected chi connectivity index (χ1v) is 13.2. The Kier molecular flexibility index (Phi) is 6.65. The highest BCUT2D eigenvalue weighted by molar-refractivity contribution is 6.41. The first-order chi connectivity index (χ1) is 19.3. The number of anilines is 2. The normalized spacial score (nSPS) is 18.1. The number of aryl methyl sites for hydroxylation is 1. The van der Waals surface area contributed by atoms with Gasteiger partial charge in [0.25, 0.3) is 5.56 Å². The number of halogens is 2. The second kappa shape index (κ2) is 10.2. The topological polar surface area (TPSA) is 136 Å². The van der Waals surface area contributed by atoms with E-state index < -0.39 is 0 Å². The summed E-state index contributed by atoms with van der Waals surface area (Å²) in [4.78, 5) is 24.8. The molecule has 2 unspecified atom stereocenters. The molecule has 0 amide bonds. The van der Waals surface area contributed by atoms with E-state index in [1.807, 2.05) is 24.3 Å². The standard InChI is InChI=1S/C27H26Cl2N8O3/c1-36-25-14(7-15(26(36)38)22-23(28)19(39-2)9-20(40-3)24(22)29)10-31-27(33-25)32-18-12-37(11-16(18)30)21-8-17(34-35-21)13-5-4-6-13/h4-10,16,18H,11-12,30H2,1-3H3,(H,34,35)(H,31,32,33). The number of aromatic amines is 1. The van der Waals surface area contributed by atoms with E-state index in [1.54, 1.807) is 25.4 Å². The van der Waals surface area contributed by atoms with Gasteiger partial charge in [-0.15, -0.1) is 0 Å². The second-order valence-corrected chi connectivity index (χ2v) is 10.4. The molecule has 40 heavy (non-hydrogen) atoms. The van der Waals surface area contributed by atoms with Crippen molar-refractivity contribution in [1.29, 1.82) is 0 Å². The van der Waals surface area contributed by atoms with Gasteiger partial charge in [-0.05, 0) is 11.6 Å². The van der Waals surface area contributed by atoms with Crippen LogP contribution in [0.5, 0.6) is 11.5 Å². The van der Waals surface area contributed by atoms with Gasteiger partial charge in [-0.25, -0.2) is 4.98 Å². The molecule has 1 aromatic carbocycles. The summed E-state index contributed by atoms with van der Waals surface area (Å²) in [6.07, 6.45) is 7.69. The van der Waals surface area contributed by atoms with E-state index in [1.165, 1.54) is 18.8 Å². The molecule has 2 atom stereocenters. The molecule has 1 saturated heterocycles. The fraction of sp³-hybridized carbons (Fsp3) is 0.259. The average molecular weight is 581 g/mol. The maximum Gasteiger partial charge on any atom is 0.259 e. The second-order valence-electron chi connectivity index (χ2n) is 9.62. The van der Waals surface area contributed by atoms with Gasteiger partial charge in [0.2, 0.25) is 5.95 Å². The van der Waals surface area contributed by atoms with Crippen molar-refractivity contribution in [3.8, 4) is 22.6 Å². The smallest absolute Gasteiger partial charge is 0.259 e. The highest BCUT2D eigenvalue weighted by Gasteiger charge is 2.32. The fourth-order valence-corrected chi connectivity index (χ4v) is 5.65. The molecule has 4 N–H and O–H groups in total. The lowest BCUT2D eigenvalue weighted by Crippen LogP contribution is -2.39. The maximum absolute atomic E-state index is 13.5. The molecule has 1 fully saturated rings. The van der Waals surface area contributed by atoms with Crippen LogP contribution in [-0.2, 0) is 7.05 Å². The maximum atomic E-state index is 13.5. The van der Waals surface area contributed by atoms with Gasteiger partial charge < -0.3 is 25.4 Å². The van der Waals surface area contributed by atoms with Crippen molar-refractivity contribution in [3.05, 3.63) is 68.7 Å². The van der Waals surface area contributed by atoms with Gasteiger partial charge in [0.1, 0.15) is 17.1 Å². The van der Waals surface area contributed by atoms with E-state index in [9.17, 15) is 4.79 Å². The minimum Gasteiger partial charge on any atom is -0.495 e. The van der Waals surface area contributed by atoms with Crippen molar-refractivity contribution in [2.45, 2.75) is 12.1 Å². The number of nitrogens with zero attached hydrogens (tertiary/aromatic N) is 5. The molecule has 2 aliphatic rings. The predicted molar refractivity (Wildman–Crippen MR) is 157 cm³/mol. The summed E-state index contributed by atoms with van der Waals surface area (Å²) in [5.74, 6) is 1.86. The van der Waals surface area contributed by atoms with Crippen LogP contribution in [0.4, 0.5) is 11.8 Å². The lowest BCUT2D eigenvalue weighted by molar-refractivity contribution is 0.395. The molecule has 13 heteroatoms. The Morgan fingerprint density at radius 3 is 2.50 bits per heavy atom. The summed E-state index contributed by atoms with van der Waals surface area (Å²) in [5, 5.41) is 11.9. The number of pyridine rings is 1. The zero-order chi connectivity index (χ0) is 28.1. The molecule has 1 aliphatic carbocycles. The highest BCUT2D eigenvalue weighted by atomic mass is 35.5. The Labute approximate surface area is 239 Å². The van der Waals surface area contributed by atoms with E-state index >= 15 is 0 Å². The zero-order valence-electron chi connectivity index (χ0n) is 21.9. The molecular weight excluding hydrogens is 555 g/mol. The van der Waals surface area contributed by atoms with Crippen LogP contribution in [0.1, 0.15) is 5.69 Å². The van der Waals surface area contributed by atoms with Gasteiger partial charge in [0, 0.05) is 55.5 Å². The van der Waals surface area contributed by atoms with Gasteiger partial charge in [-0.1, -0.05) is 41.4 Å². The van der Waals surface area contributed by atoms with Crippen LogP contribution >= 0.6 is 23.2 Å². The summed E-state index contributed by atoms with van der Waals surface area (Å²) in [7, 11) is 4.59. The van der Waals surface area contributed by atoms with Gasteiger partial charge in [0.15, 0.2) is 5.82 Å². The molecule has 6 rings (SSSR count). The number of nitrogens with two attached hydrogens (primary N) is 1. The van der Waals surface area contributed by atoms with Crippen LogP contribution < -0.4 is 31.0 Å². The molecule has 3 aromatic heterocycles. The van der Waals surface area contributed by atoms with Crippen LogP contribution in [0.2, 0.25) is 10.0 Å². The van der Waals surface area contributed by atoms with Crippen molar-refractivity contribution < 1.29 is 9.47 Å². The molecule has 4 heterocycles.